The molecule has 1 aromatic carbocycles. The van der Waals surface area contributed by atoms with E-state index in [1.54, 1.807) is 12.1 Å². The standard InChI is InChI=1S/C13H7BrCl2FNO/c14-8-2-1-7(11(17)4-8)3-12(19)13-10(16)5-9(15)6-18-13/h1-2,4-6H,3H2. The SMILES string of the molecule is O=C(Cc1ccc(Br)cc1F)c1ncc(Cl)cc1Cl. The number of aromatic nitrogens is 1. The Morgan fingerprint density at radius 1 is 1.32 bits per heavy atom. The van der Waals surface area contributed by atoms with Crippen LogP contribution in [0.5, 0.6) is 0 Å². The Bertz CT molecular complexity index is 649. The molecule has 2 aromatic rings. The topological polar surface area (TPSA) is 30.0 Å². The van der Waals surface area contributed by atoms with Gasteiger partial charge in [-0.25, -0.2) is 9.37 Å². The van der Waals surface area contributed by atoms with Crippen molar-refractivity contribution < 1.29 is 9.18 Å². The van der Waals surface area contributed by atoms with E-state index in [4.69, 9.17) is 23.2 Å². The van der Waals surface area contributed by atoms with Gasteiger partial charge in [-0.15, -0.1) is 0 Å². The summed E-state index contributed by atoms with van der Waals surface area (Å²) in [5.74, 6) is -0.810. The number of hydrogen-bond acceptors (Lipinski definition) is 2. The average molecular weight is 363 g/mol. The number of hydrogen-bond donors (Lipinski definition) is 0. The maximum absolute atomic E-state index is 13.6. The lowest BCUT2D eigenvalue weighted by Gasteiger charge is -2.05. The number of rotatable bonds is 3. The smallest absolute Gasteiger partial charge is 0.187 e. The number of ketones is 1. The fourth-order valence-electron chi connectivity index (χ4n) is 1.54. The normalized spacial score (nSPS) is 10.5. The molecule has 98 valence electrons. The van der Waals surface area contributed by atoms with Gasteiger partial charge in [-0.05, 0) is 23.8 Å². The third-order valence-electron chi connectivity index (χ3n) is 2.44. The molecule has 0 aliphatic heterocycles. The number of carbonyl (C=O) groups excluding carboxylic acids is 1. The molecule has 0 spiro atoms. The number of halogens is 4. The van der Waals surface area contributed by atoms with Gasteiger partial charge in [-0.2, -0.15) is 0 Å². The minimum Gasteiger partial charge on any atom is -0.292 e. The molecule has 6 heteroatoms. The monoisotopic (exact) mass is 361 g/mol. The molecule has 0 radical (unpaired) electrons. The zero-order valence-electron chi connectivity index (χ0n) is 9.46. The molecule has 2 rings (SSSR count). The summed E-state index contributed by atoms with van der Waals surface area (Å²) in [7, 11) is 0. The van der Waals surface area contributed by atoms with Crippen LogP contribution in [0.4, 0.5) is 4.39 Å². The number of nitrogens with zero attached hydrogens (tertiary/aromatic N) is 1. The lowest BCUT2D eigenvalue weighted by molar-refractivity contribution is 0.0987. The predicted octanol–water partition coefficient (Wildman–Crippen LogP) is 4.72. The highest BCUT2D eigenvalue weighted by Gasteiger charge is 2.15. The van der Waals surface area contributed by atoms with Gasteiger partial charge in [0.25, 0.3) is 0 Å². The summed E-state index contributed by atoms with van der Waals surface area (Å²) in [5.41, 5.74) is 0.384. The third kappa shape index (κ3) is 3.53. The van der Waals surface area contributed by atoms with Crippen molar-refractivity contribution in [3.05, 3.63) is 62.1 Å². The molecule has 0 unspecified atom stereocenters. The van der Waals surface area contributed by atoms with Crippen LogP contribution < -0.4 is 0 Å². The van der Waals surface area contributed by atoms with Crippen LogP contribution in [-0.2, 0) is 6.42 Å². The number of pyridine rings is 1. The van der Waals surface area contributed by atoms with Crippen molar-refractivity contribution in [1.82, 2.24) is 4.98 Å². The van der Waals surface area contributed by atoms with Crippen LogP contribution in [0, 0.1) is 5.82 Å². The molecular formula is C13H7BrCl2FNO. The third-order valence-corrected chi connectivity index (χ3v) is 3.43. The second kappa shape index (κ2) is 5.99. The van der Waals surface area contributed by atoms with Gasteiger partial charge in [0.2, 0.25) is 0 Å². The van der Waals surface area contributed by atoms with Crippen LogP contribution in [0.15, 0.2) is 34.9 Å². The first-order chi connectivity index (χ1) is 8.97. The molecule has 0 N–H and O–H groups in total. The van der Waals surface area contributed by atoms with Crippen LogP contribution >= 0.6 is 39.1 Å². The van der Waals surface area contributed by atoms with Gasteiger partial charge in [-0.1, -0.05) is 45.2 Å². The summed E-state index contributed by atoms with van der Waals surface area (Å²) < 4.78 is 14.2. The van der Waals surface area contributed by atoms with Crippen molar-refractivity contribution in [2.75, 3.05) is 0 Å². The summed E-state index contributed by atoms with van der Waals surface area (Å²) in [5, 5.41) is 0.506. The second-order valence-electron chi connectivity index (χ2n) is 3.82. The van der Waals surface area contributed by atoms with Gasteiger partial charge in [-0.3, -0.25) is 4.79 Å². The van der Waals surface area contributed by atoms with Crippen molar-refractivity contribution in [3.63, 3.8) is 0 Å². The summed E-state index contributed by atoms with van der Waals surface area (Å²) in [6.45, 7) is 0. The maximum atomic E-state index is 13.6. The Morgan fingerprint density at radius 3 is 2.68 bits per heavy atom. The van der Waals surface area contributed by atoms with Crippen LogP contribution in [-0.4, -0.2) is 10.8 Å². The van der Waals surface area contributed by atoms with Crippen molar-refractivity contribution in [1.29, 1.82) is 0 Å². The number of benzene rings is 1. The number of carbonyl (C=O) groups is 1. The van der Waals surface area contributed by atoms with Gasteiger partial charge >= 0.3 is 0 Å². The highest BCUT2D eigenvalue weighted by atomic mass is 79.9. The van der Waals surface area contributed by atoms with Gasteiger partial charge in [0.05, 0.1) is 10.0 Å². The van der Waals surface area contributed by atoms with E-state index in [1.165, 1.54) is 18.3 Å². The molecule has 19 heavy (non-hydrogen) atoms. The molecule has 0 aliphatic carbocycles. The van der Waals surface area contributed by atoms with E-state index >= 15 is 0 Å². The maximum Gasteiger partial charge on any atom is 0.187 e. The Balaban J connectivity index is 2.25. The van der Waals surface area contributed by atoms with Crippen LogP contribution in [0.2, 0.25) is 10.0 Å². The molecular weight excluding hydrogens is 356 g/mol. The molecule has 1 heterocycles. The van der Waals surface area contributed by atoms with E-state index < -0.39 is 5.82 Å². The highest BCUT2D eigenvalue weighted by Crippen LogP contribution is 2.21. The van der Waals surface area contributed by atoms with Crippen molar-refractivity contribution >= 4 is 44.9 Å². The largest absolute Gasteiger partial charge is 0.292 e. The Morgan fingerprint density at radius 2 is 2.05 bits per heavy atom. The van der Waals surface area contributed by atoms with E-state index in [1.807, 2.05) is 0 Å². The van der Waals surface area contributed by atoms with E-state index in [0.29, 0.717) is 15.1 Å². The first kappa shape index (κ1) is 14.4. The Labute approximate surface area is 127 Å². The van der Waals surface area contributed by atoms with Gasteiger partial charge in [0.15, 0.2) is 5.78 Å². The lowest BCUT2D eigenvalue weighted by atomic mass is 10.1. The summed E-state index contributed by atoms with van der Waals surface area (Å²) in [6, 6.07) is 5.95. The molecule has 0 fully saturated rings. The van der Waals surface area contributed by atoms with Crippen LogP contribution in [0.3, 0.4) is 0 Å². The summed E-state index contributed by atoms with van der Waals surface area (Å²) in [6.07, 6.45) is 1.23. The Hall–Kier alpha value is -0.970. The zero-order chi connectivity index (χ0) is 14.0. The first-order valence-electron chi connectivity index (χ1n) is 5.25. The van der Waals surface area contributed by atoms with Crippen molar-refractivity contribution in [2.45, 2.75) is 6.42 Å². The predicted molar refractivity (Wildman–Crippen MR) is 76.4 cm³/mol. The van der Waals surface area contributed by atoms with Crippen molar-refractivity contribution in [2.24, 2.45) is 0 Å². The minimum absolute atomic E-state index is 0.0911. The van der Waals surface area contributed by atoms with E-state index in [9.17, 15) is 9.18 Å². The van der Waals surface area contributed by atoms with Gasteiger partial charge in [0, 0.05) is 17.1 Å². The van der Waals surface area contributed by atoms with Crippen molar-refractivity contribution in [3.8, 4) is 0 Å². The Kier molecular flexibility index (Phi) is 4.55. The van der Waals surface area contributed by atoms with E-state index in [2.05, 4.69) is 20.9 Å². The number of Topliss-reactive ketones (excluding diaryl/α,β-unsaturated/α-hetero) is 1. The lowest BCUT2D eigenvalue weighted by Crippen LogP contribution is -2.08. The zero-order valence-corrected chi connectivity index (χ0v) is 12.6. The van der Waals surface area contributed by atoms with E-state index in [0.717, 1.165) is 0 Å². The molecule has 1 aromatic heterocycles. The highest BCUT2D eigenvalue weighted by molar-refractivity contribution is 9.10. The van der Waals surface area contributed by atoms with Gasteiger partial charge < -0.3 is 0 Å². The molecule has 2 nitrogen and oxygen atoms in total. The fourth-order valence-corrected chi connectivity index (χ4v) is 2.36. The summed E-state index contributed by atoms with van der Waals surface area (Å²) in [4.78, 5) is 15.9. The average Bonchev–Trinajstić information content (AvgIpc) is 2.32. The molecule has 0 saturated carbocycles. The minimum atomic E-state index is -0.451. The molecule has 0 bridgehead atoms. The molecule has 0 amide bonds. The van der Waals surface area contributed by atoms with Gasteiger partial charge in [0.1, 0.15) is 11.5 Å². The molecule has 0 aliphatic rings. The molecule has 0 saturated heterocycles. The van der Waals surface area contributed by atoms with E-state index in [-0.39, 0.29) is 22.9 Å². The van der Waals surface area contributed by atoms with Crippen LogP contribution in [0.1, 0.15) is 16.1 Å². The van der Waals surface area contributed by atoms with Crippen LogP contribution in [0.25, 0.3) is 0 Å². The second-order valence-corrected chi connectivity index (χ2v) is 5.58. The summed E-state index contributed by atoms with van der Waals surface area (Å²) >= 11 is 14.7. The quantitative estimate of drug-likeness (QED) is 0.739. The fraction of sp³-hybridized carbons (Fsp3) is 0.0769. The molecule has 0 atom stereocenters. The first-order valence-corrected chi connectivity index (χ1v) is 6.80.